The Labute approximate surface area is 126 Å². The van der Waals surface area contributed by atoms with Crippen LogP contribution in [0.25, 0.3) is 0 Å². The molecule has 0 saturated carbocycles. The molecular formula is C16H25N3O2. The maximum absolute atomic E-state index is 12.2. The highest BCUT2D eigenvalue weighted by Crippen LogP contribution is 2.06. The van der Waals surface area contributed by atoms with Gasteiger partial charge in [0.25, 0.3) is 0 Å². The van der Waals surface area contributed by atoms with Crippen molar-refractivity contribution in [1.29, 1.82) is 0 Å². The molecule has 1 atom stereocenters. The summed E-state index contributed by atoms with van der Waals surface area (Å²) in [7, 11) is 2.06. The van der Waals surface area contributed by atoms with Crippen molar-refractivity contribution in [1.82, 2.24) is 9.80 Å². The molecule has 0 radical (unpaired) electrons. The van der Waals surface area contributed by atoms with E-state index < -0.39 is 6.04 Å². The first-order valence-electron chi connectivity index (χ1n) is 7.42. The third-order valence-corrected chi connectivity index (χ3v) is 3.78. The van der Waals surface area contributed by atoms with Crippen LogP contribution < -0.4 is 5.73 Å². The van der Waals surface area contributed by atoms with E-state index in [9.17, 15) is 4.79 Å². The van der Waals surface area contributed by atoms with Gasteiger partial charge in [0.15, 0.2) is 0 Å². The Bertz CT molecular complexity index is 470. The van der Waals surface area contributed by atoms with Gasteiger partial charge in [0.2, 0.25) is 5.91 Å². The van der Waals surface area contributed by atoms with E-state index in [0.717, 1.165) is 31.7 Å². The van der Waals surface area contributed by atoms with Gasteiger partial charge in [-0.2, -0.15) is 0 Å². The van der Waals surface area contributed by atoms with Crippen LogP contribution in [0.1, 0.15) is 11.1 Å². The van der Waals surface area contributed by atoms with Gasteiger partial charge in [-0.05, 0) is 19.5 Å². The third kappa shape index (κ3) is 4.81. The molecule has 21 heavy (non-hydrogen) atoms. The summed E-state index contributed by atoms with van der Waals surface area (Å²) in [5.41, 5.74) is 8.26. The summed E-state index contributed by atoms with van der Waals surface area (Å²) in [6.07, 6.45) is 0. The van der Waals surface area contributed by atoms with Crippen molar-refractivity contribution in [3.8, 4) is 0 Å². The quantitative estimate of drug-likeness (QED) is 0.864. The van der Waals surface area contributed by atoms with Gasteiger partial charge in [-0.3, -0.25) is 4.79 Å². The van der Waals surface area contributed by atoms with Crippen LogP contribution in [0.5, 0.6) is 0 Å². The average Bonchev–Trinajstić information content (AvgIpc) is 2.47. The number of carbonyl (C=O) groups is 1. The molecule has 1 aliphatic heterocycles. The van der Waals surface area contributed by atoms with Crippen LogP contribution in [0.3, 0.4) is 0 Å². The molecule has 5 heteroatoms. The number of hydrogen-bond acceptors (Lipinski definition) is 4. The zero-order valence-corrected chi connectivity index (χ0v) is 12.9. The summed E-state index contributed by atoms with van der Waals surface area (Å²) in [4.78, 5) is 16.2. The molecular weight excluding hydrogens is 266 g/mol. The first-order chi connectivity index (χ1) is 10.1. The van der Waals surface area contributed by atoms with E-state index in [1.165, 1.54) is 5.56 Å². The number of nitrogens with two attached hydrogens (primary N) is 1. The summed E-state index contributed by atoms with van der Waals surface area (Å²) in [5.74, 6) is -0.00709. The zero-order chi connectivity index (χ0) is 15.2. The summed E-state index contributed by atoms with van der Waals surface area (Å²) in [6.45, 7) is 6.11. The van der Waals surface area contributed by atoms with Gasteiger partial charge < -0.3 is 20.3 Å². The van der Waals surface area contributed by atoms with Crippen LogP contribution in [-0.2, 0) is 16.1 Å². The molecule has 0 bridgehead atoms. The monoisotopic (exact) mass is 291 g/mol. The van der Waals surface area contributed by atoms with Gasteiger partial charge in [-0.15, -0.1) is 0 Å². The van der Waals surface area contributed by atoms with E-state index in [0.29, 0.717) is 6.61 Å². The molecule has 1 saturated heterocycles. The number of rotatable bonds is 5. The van der Waals surface area contributed by atoms with Gasteiger partial charge in [0.05, 0.1) is 13.2 Å². The molecule has 116 valence electrons. The van der Waals surface area contributed by atoms with E-state index >= 15 is 0 Å². The SMILES string of the molecule is Cc1cccc(COC[C@@H](N)C(=O)N2CCN(C)CC2)c1. The van der Waals surface area contributed by atoms with Gasteiger partial charge in [-0.25, -0.2) is 0 Å². The van der Waals surface area contributed by atoms with Crippen molar-refractivity contribution in [3.63, 3.8) is 0 Å². The van der Waals surface area contributed by atoms with Gasteiger partial charge >= 0.3 is 0 Å². The molecule has 0 aliphatic carbocycles. The molecule has 0 aromatic heterocycles. The minimum Gasteiger partial charge on any atom is -0.375 e. The summed E-state index contributed by atoms with van der Waals surface area (Å²) in [6, 6.07) is 7.57. The number of aryl methyl sites for hydroxylation is 1. The highest BCUT2D eigenvalue weighted by molar-refractivity contribution is 5.81. The van der Waals surface area contributed by atoms with Crippen LogP contribution in [0, 0.1) is 6.92 Å². The summed E-state index contributed by atoms with van der Waals surface area (Å²) >= 11 is 0. The maximum atomic E-state index is 12.2. The lowest BCUT2D eigenvalue weighted by atomic mass is 10.1. The van der Waals surface area contributed by atoms with Crippen LogP contribution in [0.4, 0.5) is 0 Å². The Hall–Kier alpha value is -1.43. The minimum absolute atomic E-state index is 0.00709. The van der Waals surface area contributed by atoms with E-state index in [-0.39, 0.29) is 12.5 Å². The molecule has 1 heterocycles. The molecule has 1 aromatic carbocycles. The third-order valence-electron chi connectivity index (χ3n) is 3.78. The Balaban J connectivity index is 1.74. The number of likely N-dealkylation sites (N-methyl/N-ethyl adjacent to an activating group) is 1. The molecule has 1 aromatic rings. The first kappa shape index (κ1) is 15.9. The van der Waals surface area contributed by atoms with E-state index in [1.54, 1.807) is 0 Å². The smallest absolute Gasteiger partial charge is 0.241 e. The molecule has 0 spiro atoms. The second-order valence-electron chi connectivity index (χ2n) is 5.74. The zero-order valence-electron chi connectivity index (χ0n) is 12.9. The van der Waals surface area contributed by atoms with Crippen molar-refractivity contribution < 1.29 is 9.53 Å². The van der Waals surface area contributed by atoms with Gasteiger partial charge in [0, 0.05) is 26.2 Å². The van der Waals surface area contributed by atoms with Crippen molar-refractivity contribution in [3.05, 3.63) is 35.4 Å². The number of ether oxygens (including phenoxy) is 1. The predicted molar refractivity (Wildman–Crippen MR) is 82.9 cm³/mol. The van der Waals surface area contributed by atoms with E-state index in [4.69, 9.17) is 10.5 Å². The predicted octanol–water partition coefficient (Wildman–Crippen LogP) is 0.613. The normalized spacial score (nSPS) is 17.8. The minimum atomic E-state index is -0.571. The lowest BCUT2D eigenvalue weighted by Crippen LogP contribution is -2.53. The molecule has 1 aliphatic rings. The summed E-state index contributed by atoms with van der Waals surface area (Å²) < 4.78 is 5.59. The van der Waals surface area contributed by atoms with Crippen LogP contribution in [-0.4, -0.2) is 61.6 Å². The molecule has 5 nitrogen and oxygen atoms in total. The molecule has 1 fully saturated rings. The topological polar surface area (TPSA) is 58.8 Å². The molecule has 2 N–H and O–H groups in total. The number of nitrogens with zero attached hydrogens (tertiary/aromatic N) is 2. The number of benzene rings is 1. The summed E-state index contributed by atoms with van der Waals surface area (Å²) in [5, 5.41) is 0. The second-order valence-corrected chi connectivity index (χ2v) is 5.74. The van der Waals surface area contributed by atoms with Crippen LogP contribution in [0.15, 0.2) is 24.3 Å². The average molecular weight is 291 g/mol. The highest BCUT2D eigenvalue weighted by Gasteiger charge is 2.24. The Kier molecular flexibility index (Phi) is 5.73. The highest BCUT2D eigenvalue weighted by atomic mass is 16.5. The Morgan fingerprint density at radius 2 is 2.05 bits per heavy atom. The van der Waals surface area contributed by atoms with Crippen LogP contribution >= 0.6 is 0 Å². The van der Waals surface area contributed by atoms with E-state index in [1.807, 2.05) is 30.0 Å². The number of hydrogen-bond donors (Lipinski definition) is 1. The number of piperazine rings is 1. The lowest BCUT2D eigenvalue weighted by Gasteiger charge is -2.33. The molecule has 2 rings (SSSR count). The van der Waals surface area contributed by atoms with Crippen molar-refractivity contribution in [2.24, 2.45) is 5.73 Å². The fourth-order valence-corrected chi connectivity index (χ4v) is 2.44. The standard InChI is InChI=1S/C16H25N3O2/c1-13-4-3-5-14(10-13)11-21-12-15(17)16(20)19-8-6-18(2)7-9-19/h3-5,10,15H,6-9,11-12,17H2,1-2H3/t15-/m1/s1. The maximum Gasteiger partial charge on any atom is 0.241 e. The van der Waals surface area contributed by atoms with Gasteiger partial charge in [0.1, 0.15) is 6.04 Å². The number of carbonyl (C=O) groups excluding carboxylic acids is 1. The van der Waals surface area contributed by atoms with Gasteiger partial charge in [-0.1, -0.05) is 29.8 Å². The molecule has 0 unspecified atom stereocenters. The fraction of sp³-hybridized carbons (Fsp3) is 0.562. The lowest BCUT2D eigenvalue weighted by molar-refractivity contribution is -0.135. The van der Waals surface area contributed by atoms with E-state index in [2.05, 4.69) is 18.0 Å². The Morgan fingerprint density at radius 1 is 1.33 bits per heavy atom. The van der Waals surface area contributed by atoms with Crippen molar-refractivity contribution >= 4 is 5.91 Å². The van der Waals surface area contributed by atoms with Crippen LogP contribution in [0.2, 0.25) is 0 Å². The van der Waals surface area contributed by atoms with Crippen molar-refractivity contribution in [2.75, 3.05) is 39.8 Å². The largest absolute Gasteiger partial charge is 0.375 e. The molecule has 1 amide bonds. The Morgan fingerprint density at radius 3 is 2.71 bits per heavy atom. The fourth-order valence-electron chi connectivity index (χ4n) is 2.44. The first-order valence-corrected chi connectivity index (χ1v) is 7.42. The number of amides is 1. The second kappa shape index (κ2) is 7.54. The van der Waals surface area contributed by atoms with Crippen molar-refractivity contribution in [2.45, 2.75) is 19.6 Å².